The van der Waals surface area contributed by atoms with Crippen LogP contribution in [0, 0.1) is 6.92 Å². The van der Waals surface area contributed by atoms with Gasteiger partial charge in [0.1, 0.15) is 0 Å². The zero-order valence-corrected chi connectivity index (χ0v) is 16.3. The van der Waals surface area contributed by atoms with E-state index in [2.05, 4.69) is 23.8 Å². The number of aryl methyl sites for hydroxylation is 1. The van der Waals surface area contributed by atoms with E-state index in [0.717, 1.165) is 36.8 Å². The smallest absolute Gasteiger partial charge is 0.207 e. The molecule has 0 saturated heterocycles. The summed E-state index contributed by atoms with van der Waals surface area (Å²) in [6.45, 7) is 6.13. The summed E-state index contributed by atoms with van der Waals surface area (Å²) in [5.41, 5.74) is 1.70. The first-order valence-corrected chi connectivity index (χ1v) is 10.5. The lowest BCUT2D eigenvalue weighted by Gasteiger charge is -2.31. The van der Waals surface area contributed by atoms with Crippen LogP contribution in [-0.2, 0) is 16.4 Å². The van der Waals surface area contributed by atoms with Gasteiger partial charge in [-0.05, 0) is 44.4 Å². The summed E-state index contributed by atoms with van der Waals surface area (Å²) in [5, 5.41) is 0. The monoisotopic (exact) mass is 359 g/mol. The maximum Gasteiger partial charge on any atom is 0.241 e. The van der Waals surface area contributed by atoms with Gasteiger partial charge in [0, 0.05) is 5.54 Å². The van der Waals surface area contributed by atoms with Gasteiger partial charge in [-0.3, -0.25) is 0 Å². The summed E-state index contributed by atoms with van der Waals surface area (Å²) in [6.07, 6.45) is 4.74. The van der Waals surface area contributed by atoms with Crippen LogP contribution in [0.1, 0.15) is 50.7 Å². The SMILES string of the molecule is CCCCC[C@](C)(Cc1ccccc1)NS(=O)(=O)c1ccc(C)cc1. The molecular weight excluding hydrogens is 330 g/mol. The van der Waals surface area contributed by atoms with Gasteiger partial charge < -0.3 is 0 Å². The number of sulfonamides is 1. The van der Waals surface area contributed by atoms with Crippen LogP contribution in [0.2, 0.25) is 0 Å². The minimum atomic E-state index is -3.54. The molecule has 0 aliphatic carbocycles. The first kappa shape index (κ1) is 19.7. The molecule has 0 fully saturated rings. The van der Waals surface area contributed by atoms with E-state index >= 15 is 0 Å². The molecule has 0 amide bonds. The fourth-order valence-corrected chi connectivity index (χ4v) is 4.52. The molecule has 25 heavy (non-hydrogen) atoms. The fraction of sp³-hybridized carbons (Fsp3) is 0.429. The van der Waals surface area contributed by atoms with E-state index in [1.54, 1.807) is 12.1 Å². The topological polar surface area (TPSA) is 46.2 Å². The molecule has 1 atom stereocenters. The van der Waals surface area contributed by atoms with E-state index in [9.17, 15) is 8.42 Å². The van der Waals surface area contributed by atoms with Gasteiger partial charge in [0.25, 0.3) is 0 Å². The van der Waals surface area contributed by atoms with Crippen molar-refractivity contribution in [2.24, 2.45) is 0 Å². The first-order chi connectivity index (χ1) is 11.8. The van der Waals surface area contributed by atoms with Crippen molar-refractivity contribution in [3.05, 3.63) is 65.7 Å². The van der Waals surface area contributed by atoms with Crippen molar-refractivity contribution in [3.8, 4) is 0 Å². The van der Waals surface area contributed by atoms with Gasteiger partial charge >= 0.3 is 0 Å². The normalized spacial score (nSPS) is 14.2. The number of hydrogen-bond acceptors (Lipinski definition) is 2. The minimum Gasteiger partial charge on any atom is -0.207 e. The molecule has 3 nitrogen and oxygen atoms in total. The number of benzene rings is 2. The van der Waals surface area contributed by atoms with E-state index in [1.807, 2.05) is 44.2 Å². The van der Waals surface area contributed by atoms with Gasteiger partial charge in [0.15, 0.2) is 0 Å². The van der Waals surface area contributed by atoms with Gasteiger partial charge in [-0.25, -0.2) is 13.1 Å². The van der Waals surface area contributed by atoms with Crippen molar-refractivity contribution in [2.45, 2.75) is 63.3 Å². The Kier molecular flexibility index (Phi) is 6.79. The van der Waals surface area contributed by atoms with Crippen LogP contribution >= 0.6 is 0 Å². The zero-order valence-electron chi connectivity index (χ0n) is 15.5. The van der Waals surface area contributed by atoms with Crippen LogP contribution < -0.4 is 4.72 Å². The largest absolute Gasteiger partial charge is 0.241 e. The lowest BCUT2D eigenvalue weighted by molar-refractivity contribution is 0.368. The van der Waals surface area contributed by atoms with E-state index < -0.39 is 15.6 Å². The van der Waals surface area contributed by atoms with Crippen molar-refractivity contribution >= 4 is 10.0 Å². The Morgan fingerprint density at radius 1 is 0.960 bits per heavy atom. The van der Waals surface area contributed by atoms with Gasteiger partial charge in [-0.15, -0.1) is 0 Å². The third kappa shape index (κ3) is 5.98. The van der Waals surface area contributed by atoms with E-state index in [0.29, 0.717) is 11.3 Å². The molecule has 136 valence electrons. The molecule has 4 heteroatoms. The summed E-state index contributed by atoms with van der Waals surface area (Å²) in [7, 11) is -3.54. The highest BCUT2D eigenvalue weighted by atomic mass is 32.2. The van der Waals surface area contributed by atoms with Gasteiger partial charge in [-0.2, -0.15) is 0 Å². The van der Waals surface area contributed by atoms with Crippen LogP contribution in [0.25, 0.3) is 0 Å². The van der Waals surface area contributed by atoms with Gasteiger partial charge in [0.2, 0.25) is 10.0 Å². The van der Waals surface area contributed by atoms with Crippen molar-refractivity contribution in [1.29, 1.82) is 0 Å². The Hall–Kier alpha value is -1.65. The van der Waals surface area contributed by atoms with Crippen LogP contribution in [0.5, 0.6) is 0 Å². The molecule has 0 bridgehead atoms. The molecule has 1 N–H and O–H groups in total. The maximum absolute atomic E-state index is 12.9. The second-order valence-electron chi connectivity index (χ2n) is 7.10. The number of rotatable bonds is 9. The first-order valence-electron chi connectivity index (χ1n) is 8.99. The molecular formula is C21H29NO2S. The Labute approximate surface area is 152 Å². The predicted molar refractivity (Wildman–Crippen MR) is 104 cm³/mol. The van der Waals surface area contributed by atoms with E-state index in [1.165, 1.54) is 0 Å². The summed E-state index contributed by atoms with van der Waals surface area (Å²) in [5.74, 6) is 0. The third-order valence-electron chi connectivity index (χ3n) is 4.48. The average Bonchev–Trinajstić information content (AvgIpc) is 2.55. The summed E-state index contributed by atoms with van der Waals surface area (Å²) < 4.78 is 28.7. The predicted octanol–water partition coefficient (Wildman–Crippen LogP) is 4.86. The number of hydrogen-bond donors (Lipinski definition) is 1. The second kappa shape index (κ2) is 8.63. The van der Waals surface area contributed by atoms with Crippen molar-refractivity contribution in [1.82, 2.24) is 4.72 Å². The summed E-state index contributed by atoms with van der Waals surface area (Å²) in [6, 6.07) is 17.1. The highest BCUT2D eigenvalue weighted by Gasteiger charge is 2.30. The standard InChI is InChI=1S/C21H29NO2S/c1-4-5-9-16-21(3,17-19-10-7-6-8-11-19)22-25(23,24)20-14-12-18(2)13-15-20/h6-8,10-15,22H,4-5,9,16-17H2,1-3H3/t21-/m1/s1. The summed E-state index contributed by atoms with van der Waals surface area (Å²) >= 11 is 0. The van der Waals surface area contributed by atoms with E-state index in [4.69, 9.17) is 0 Å². The zero-order chi connectivity index (χ0) is 18.3. The molecule has 2 rings (SSSR count). The Morgan fingerprint density at radius 3 is 2.20 bits per heavy atom. The summed E-state index contributed by atoms with van der Waals surface area (Å²) in [4.78, 5) is 0.327. The molecule has 0 spiro atoms. The Bertz CT molecular complexity index is 754. The molecule has 0 radical (unpaired) electrons. The highest BCUT2D eigenvalue weighted by molar-refractivity contribution is 7.89. The molecule has 0 heterocycles. The highest BCUT2D eigenvalue weighted by Crippen LogP contribution is 2.24. The second-order valence-corrected chi connectivity index (χ2v) is 8.78. The Morgan fingerprint density at radius 2 is 1.60 bits per heavy atom. The molecule has 0 aliphatic rings. The fourth-order valence-electron chi connectivity index (χ4n) is 3.09. The maximum atomic E-state index is 12.9. The Balaban J connectivity index is 2.23. The number of nitrogens with one attached hydrogen (secondary N) is 1. The lowest BCUT2D eigenvalue weighted by Crippen LogP contribution is -2.47. The number of unbranched alkanes of at least 4 members (excludes halogenated alkanes) is 2. The van der Waals surface area contributed by atoms with Crippen LogP contribution in [0.3, 0.4) is 0 Å². The average molecular weight is 360 g/mol. The van der Waals surface area contributed by atoms with Gasteiger partial charge in [0.05, 0.1) is 4.90 Å². The van der Waals surface area contributed by atoms with Crippen molar-refractivity contribution in [2.75, 3.05) is 0 Å². The molecule has 0 unspecified atom stereocenters. The molecule has 2 aromatic rings. The van der Waals surface area contributed by atoms with Crippen LogP contribution in [0.15, 0.2) is 59.5 Å². The van der Waals surface area contributed by atoms with Gasteiger partial charge in [-0.1, -0.05) is 74.2 Å². The molecule has 0 aliphatic heterocycles. The lowest BCUT2D eigenvalue weighted by atomic mass is 9.88. The van der Waals surface area contributed by atoms with Crippen molar-refractivity contribution in [3.63, 3.8) is 0 Å². The van der Waals surface area contributed by atoms with Crippen LogP contribution in [0.4, 0.5) is 0 Å². The van der Waals surface area contributed by atoms with Crippen LogP contribution in [-0.4, -0.2) is 14.0 Å². The minimum absolute atomic E-state index is 0.327. The quantitative estimate of drug-likeness (QED) is 0.650. The molecule has 0 saturated carbocycles. The molecule has 2 aromatic carbocycles. The third-order valence-corrected chi connectivity index (χ3v) is 6.14. The molecule has 0 aromatic heterocycles. The van der Waals surface area contributed by atoms with Crippen molar-refractivity contribution < 1.29 is 8.42 Å². The van der Waals surface area contributed by atoms with E-state index in [-0.39, 0.29) is 0 Å².